The van der Waals surface area contributed by atoms with Crippen LogP contribution in [0, 0.1) is 15.3 Å². The van der Waals surface area contributed by atoms with Crippen LogP contribution < -0.4 is 15.9 Å². The Labute approximate surface area is 260 Å². The second kappa shape index (κ2) is 18.7. The van der Waals surface area contributed by atoms with Crippen molar-refractivity contribution in [3.63, 3.8) is 0 Å². The van der Waals surface area contributed by atoms with Gasteiger partial charge in [0.2, 0.25) is 0 Å². The number of benzene rings is 4. The van der Waals surface area contributed by atoms with Gasteiger partial charge in [-0.1, -0.05) is 115 Å². The van der Waals surface area contributed by atoms with Crippen LogP contribution >= 0.6 is 31.1 Å². The molecule has 212 valence electrons. The zero-order valence-corrected chi connectivity index (χ0v) is 24.9. The number of fused-ring (bicyclic) bond motifs is 3. The van der Waals surface area contributed by atoms with Gasteiger partial charge in [-0.05, 0) is 36.0 Å². The number of hydrogen-bond acceptors (Lipinski definition) is 5. The minimum atomic E-state index is -1.75. The van der Waals surface area contributed by atoms with Crippen LogP contribution in [0.5, 0.6) is 0 Å². The van der Waals surface area contributed by atoms with Crippen LogP contribution in [-0.2, 0) is 17.1 Å². The Morgan fingerprint density at radius 2 is 0.854 bits per heavy atom. The fourth-order valence-corrected chi connectivity index (χ4v) is 6.16. The van der Waals surface area contributed by atoms with Gasteiger partial charge in [-0.2, -0.15) is 0 Å². The second-order valence-electron chi connectivity index (χ2n) is 7.88. The first kappa shape index (κ1) is 33.6. The second-order valence-corrected chi connectivity index (χ2v) is 10.9. The number of hydrogen-bond donors (Lipinski definition) is 0. The first-order valence-electron chi connectivity index (χ1n) is 12.0. The van der Waals surface area contributed by atoms with Gasteiger partial charge in [0.1, 0.15) is 0 Å². The number of alkyl halides is 2. The molecular weight excluding hydrogens is 628 g/mol. The van der Waals surface area contributed by atoms with Crippen molar-refractivity contribution in [2.24, 2.45) is 0 Å². The van der Waals surface area contributed by atoms with E-state index < -0.39 is 13.0 Å². The molecule has 0 spiro atoms. The van der Waals surface area contributed by atoms with Crippen LogP contribution in [0.15, 0.2) is 140 Å². The van der Waals surface area contributed by atoms with Gasteiger partial charge in [0.15, 0.2) is 0 Å². The van der Waals surface area contributed by atoms with Crippen LogP contribution in [-0.4, -0.2) is 20.4 Å². The molecule has 0 aliphatic carbocycles. The number of halogens is 2. The van der Waals surface area contributed by atoms with E-state index in [2.05, 4.69) is 125 Å². The maximum absolute atomic E-state index is 8.25. The van der Waals surface area contributed by atoms with Crippen molar-refractivity contribution in [3.8, 4) is 0 Å². The minimum Gasteiger partial charge on any atom is -0.356 e. The maximum Gasteiger partial charge on any atom is 1.00 e. The Bertz CT molecular complexity index is 1450. The molecule has 0 saturated carbocycles. The molecule has 6 rings (SSSR count). The van der Waals surface area contributed by atoms with E-state index in [4.69, 9.17) is 38.5 Å². The van der Waals surface area contributed by atoms with Crippen LogP contribution in [0.4, 0.5) is 0 Å². The summed E-state index contributed by atoms with van der Waals surface area (Å²) >= 11 is 9.53. The molecule has 0 saturated heterocycles. The average molecular weight is 653 g/mol. The normalized spacial score (nSPS) is 9.63. The molecule has 4 aromatic carbocycles. The molecular formula is C31H25Cl2CuN3O3P. The first-order chi connectivity index (χ1) is 19.5. The van der Waals surface area contributed by atoms with Gasteiger partial charge in [-0.15, -0.1) is 23.2 Å². The Hall–Kier alpha value is -3.57. The minimum absolute atomic E-state index is 0. The maximum atomic E-state index is 8.25. The molecule has 41 heavy (non-hydrogen) atoms. The molecule has 0 unspecified atom stereocenters. The van der Waals surface area contributed by atoms with Gasteiger partial charge in [-0.3, -0.25) is 9.97 Å². The quantitative estimate of drug-likeness (QED) is 0.0496. The average Bonchev–Trinajstić information content (AvgIpc) is 2.99. The Morgan fingerprint density at radius 3 is 1.15 bits per heavy atom. The van der Waals surface area contributed by atoms with E-state index in [0.717, 1.165) is 21.8 Å². The van der Waals surface area contributed by atoms with E-state index in [0.29, 0.717) is 0 Å². The SMILES string of the molecule is ClCCl.O=[N+]([O-])[O-].[Cu+].c1ccc(P(c2ccccc2)c2ccccc2)cc1.c1cnc2c(c1)ccc1cccnc12. The van der Waals surface area contributed by atoms with E-state index in [1.54, 1.807) is 12.4 Å². The molecule has 0 aliphatic heterocycles. The van der Waals surface area contributed by atoms with Crippen molar-refractivity contribution in [3.05, 3.63) is 155 Å². The molecule has 0 atom stereocenters. The van der Waals surface area contributed by atoms with Gasteiger partial charge >= 0.3 is 17.1 Å². The van der Waals surface area contributed by atoms with Crippen LogP contribution in [0.2, 0.25) is 0 Å². The third-order valence-electron chi connectivity index (χ3n) is 5.39. The summed E-state index contributed by atoms with van der Waals surface area (Å²) in [4.78, 5) is 16.9. The summed E-state index contributed by atoms with van der Waals surface area (Å²) < 4.78 is 0. The molecule has 2 heterocycles. The Balaban J connectivity index is 0.000000235. The van der Waals surface area contributed by atoms with Gasteiger partial charge in [0.05, 0.1) is 21.5 Å². The number of rotatable bonds is 3. The van der Waals surface area contributed by atoms with Crippen molar-refractivity contribution in [1.29, 1.82) is 0 Å². The summed E-state index contributed by atoms with van der Waals surface area (Å²) in [6.45, 7) is 0. The van der Waals surface area contributed by atoms with Crippen molar-refractivity contribution < 1.29 is 22.2 Å². The van der Waals surface area contributed by atoms with Gasteiger partial charge in [0, 0.05) is 23.2 Å². The predicted molar refractivity (Wildman–Crippen MR) is 169 cm³/mol. The zero-order chi connectivity index (χ0) is 28.6. The number of nitrogens with zero attached hydrogens (tertiary/aromatic N) is 3. The molecule has 10 heteroatoms. The smallest absolute Gasteiger partial charge is 0.356 e. The Kier molecular flexibility index (Phi) is 15.4. The van der Waals surface area contributed by atoms with Gasteiger partial charge in [0.25, 0.3) is 0 Å². The summed E-state index contributed by atoms with van der Waals surface area (Å²) in [5.74, 6) is 0. The van der Waals surface area contributed by atoms with Gasteiger partial charge in [-0.25, -0.2) is 0 Å². The first-order valence-corrected chi connectivity index (χ1v) is 14.4. The molecule has 0 radical (unpaired) electrons. The van der Waals surface area contributed by atoms with E-state index in [1.807, 2.05) is 12.1 Å². The molecule has 0 aliphatic rings. The van der Waals surface area contributed by atoms with E-state index in [9.17, 15) is 0 Å². The summed E-state index contributed by atoms with van der Waals surface area (Å²) in [6.07, 6.45) is 3.60. The monoisotopic (exact) mass is 651 g/mol. The standard InChI is InChI=1S/C18H15P.C12H8N2.CH2Cl2.Cu.NO3/c1-4-10-16(11-5-1)19(17-12-6-2-7-13-17)18-14-8-3-9-15-18;1-3-9-5-6-10-4-2-8-14-12(10)11(9)13-7-1;2-1-3;;2-1(3)4/h1-15H;1-8H;1H2;;/q;;;+1;-1. The number of pyridine rings is 2. The van der Waals surface area contributed by atoms with Crippen LogP contribution in [0.25, 0.3) is 21.8 Å². The van der Waals surface area contributed by atoms with Crippen molar-refractivity contribution in [1.82, 2.24) is 9.97 Å². The van der Waals surface area contributed by atoms with E-state index >= 15 is 0 Å². The van der Waals surface area contributed by atoms with Crippen LogP contribution in [0.3, 0.4) is 0 Å². The molecule has 6 nitrogen and oxygen atoms in total. The van der Waals surface area contributed by atoms with Gasteiger partial charge < -0.3 is 15.3 Å². The fraction of sp³-hybridized carbons (Fsp3) is 0.0323. The summed E-state index contributed by atoms with van der Waals surface area (Å²) in [5.41, 5.74) is 1.95. The summed E-state index contributed by atoms with van der Waals surface area (Å²) in [7, 11) is -0.446. The summed E-state index contributed by atoms with van der Waals surface area (Å²) in [5, 5.41) is 21.4. The molecule has 0 bridgehead atoms. The largest absolute Gasteiger partial charge is 1.00 e. The molecule has 0 N–H and O–H groups in total. The third-order valence-corrected chi connectivity index (χ3v) is 7.83. The van der Waals surface area contributed by atoms with E-state index in [1.165, 1.54) is 15.9 Å². The molecule has 0 amide bonds. The fourth-order valence-electron chi connectivity index (χ4n) is 3.86. The predicted octanol–water partition coefficient (Wildman–Crippen LogP) is 7.41. The van der Waals surface area contributed by atoms with E-state index in [-0.39, 0.29) is 22.4 Å². The number of aromatic nitrogens is 2. The Morgan fingerprint density at radius 1 is 0.561 bits per heavy atom. The summed E-state index contributed by atoms with van der Waals surface area (Å²) in [6, 6.07) is 44.5. The molecule has 6 aromatic rings. The molecule has 0 fully saturated rings. The van der Waals surface area contributed by atoms with Crippen molar-refractivity contribution in [2.75, 3.05) is 5.34 Å². The van der Waals surface area contributed by atoms with Crippen molar-refractivity contribution in [2.45, 2.75) is 0 Å². The molecule has 2 aromatic heterocycles. The van der Waals surface area contributed by atoms with Crippen molar-refractivity contribution >= 4 is 68.8 Å². The zero-order valence-electron chi connectivity index (χ0n) is 21.6. The topological polar surface area (TPSA) is 92.0 Å². The third kappa shape index (κ3) is 10.7. The van der Waals surface area contributed by atoms with Crippen LogP contribution in [0.1, 0.15) is 0 Å².